The van der Waals surface area contributed by atoms with Gasteiger partial charge < -0.3 is 14.5 Å². The number of nitrogens with zero attached hydrogens (tertiary/aromatic N) is 2. The van der Waals surface area contributed by atoms with Gasteiger partial charge in [-0.2, -0.15) is 0 Å². The molecule has 0 radical (unpaired) electrons. The van der Waals surface area contributed by atoms with Crippen molar-refractivity contribution in [2.24, 2.45) is 11.3 Å². The molecule has 7 nitrogen and oxygen atoms in total. The number of ketones is 1. The molecule has 0 fully saturated rings. The van der Waals surface area contributed by atoms with Gasteiger partial charge in [0, 0.05) is 5.25 Å². The lowest BCUT2D eigenvalue weighted by molar-refractivity contribution is 0.0829. The Kier molecular flexibility index (Phi) is 7.92. The van der Waals surface area contributed by atoms with E-state index < -0.39 is 17.9 Å². The van der Waals surface area contributed by atoms with E-state index in [0.717, 1.165) is 0 Å². The Morgan fingerprint density at radius 3 is 2.36 bits per heavy atom. The number of alkyl carbamates (subject to hydrolysis) is 1. The molecule has 1 atom stereocenters. The normalized spacial score (nSPS) is 13.2. The molecule has 0 aliphatic rings. The third kappa shape index (κ3) is 8.38. The molecule has 1 aromatic rings. The Bertz CT molecular complexity index is 579. The number of carbonyl (C=O) groups is 2. The summed E-state index contributed by atoms with van der Waals surface area (Å²) in [6.45, 7) is 14.1. The van der Waals surface area contributed by atoms with Gasteiger partial charge in [-0.3, -0.25) is 4.79 Å². The molecule has 1 aromatic heterocycles. The molecule has 0 saturated carbocycles. The maximum absolute atomic E-state index is 12.6. The number of rotatable bonds is 8. The summed E-state index contributed by atoms with van der Waals surface area (Å²) in [5.41, 5.74) is -0.148. The minimum atomic E-state index is -0.759. The van der Waals surface area contributed by atoms with Crippen molar-refractivity contribution in [2.45, 2.75) is 71.4 Å². The van der Waals surface area contributed by atoms with E-state index in [1.807, 2.05) is 48.5 Å². The number of carbonyl (C=O) groups excluding carboxylic acids is 2. The highest BCUT2D eigenvalue weighted by atomic mass is 32.2. The molecular weight excluding hydrogens is 342 g/mol. The maximum Gasteiger partial charge on any atom is 0.407 e. The van der Waals surface area contributed by atoms with E-state index in [1.54, 1.807) is 0 Å². The second kappa shape index (κ2) is 9.22. The van der Waals surface area contributed by atoms with Crippen molar-refractivity contribution in [2.75, 3.05) is 6.61 Å². The molecule has 0 bridgehead atoms. The van der Waals surface area contributed by atoms with Crippen LogP contribution in [0, 0.1) is 11.3 Å². The minimum Gasteiger partial charge on any atom is -0.449 e. The lowest BCUT2D eigenvalue weighted by Crippen LogP contribution is -2.42. The molecule has 0 saturated heterocycles. The van der Waals surface area contributed by atoms with Crippen LogP contribution in [0.3, 0.4) is 0 Å². The lowest BCUT2D eigenvalue weighted by atomic mass is 9.99. The highest BCUT2D eigenvalue weighted by molar-refractivity contribution is 7.99. The second-order valence-corrected chi connectivity index (χ2v) is 9.39. The number of Topliss-reactive ketones (excluding diaryl/α,β-unsaturated/α-hetero) is 1. The van der Waals surface area contributed by atoms with E-state index >= 15 is 0 Å². The van der Waals surface area contributed by atoms with Crippen LogP contribution in [0.5, 0.6) is 0 Å². The zero-order chi connectivity index (χ0) is 19.2. The predicted molar refractivity (Wildman–Crippen MR) is 96.8 cm³/mol. The summed E-state index contributed by atoms with van der Waals surface area (Å²) in [4.78, 5) is 24.7. The highest BCUT2D eigenvalue weighted by Crippen LogP contribution is 2.22. The first kappa shape index (κ1) is 21.5. The summed E-state index contributed by atoms with van der Waals surface area (Å²) in [6, 6.07) is -0.759. The van der Waals surface area contributed by atoms with Crippen LogP contribution in [-0.4, -0.2) is 40.0 Å². The van der Waals surface area contributed by atoms with Crippen LogP contribution in [0.1, 0.15) is 65.6 Å². The summed E-state index contributed by atoms with van der Waals surface area (Å²) in [7, 11) is 0. The average molecular weight is 372 g/mol. The SMILES string of the molecule is CC(C)CC(NC(=O)OCC(C)(C)C)C(=O)c1nnc(SC(C)C)o1. The molecule has 1 N–H and O–H groups in total. The van der Waals surface area contributed by atoms with Gasteiger partial charge in [0.25, 0.3) is 11.1 Å². The van der Waals surface area contributed by atoms with Crippen LogP contribution in [0.4, 0.5) is 4.79 Å². The van der Waals surface area contributed by atoms with Gasteiger partial charge in [-0.1, -0.05) is 60.2 Å². The average Bonchev–Trinajstić information content (AvgIpc) is 2.90. The Hall–Kier alpha value is -1.57. The number of ether oxygens (including phenoxy) is 1. The van der Waals surface area contributed by atoms with E-state index in [4.69, 9.17) is 9.15 Å². The minimum absolute atomic E-state index is 0.0927. The third-order valence-corrected chi connectivity index (χ3v) is 3.74. The zero-order valence-electron chi connectivity index (χ0n) is 16.1. The van der Waals surface area contributed by atoms with Gasteiger partial charge in [0.15, 0.2) is 0 Å². The van der Waals surface area contributed by atoms with Gasteiger partial charge in [0.1, 0.15) is 6.04 Å². The van der Waals surface area contributed by atoms with Crippen molar-refractivity contribution in [3.05, 3.63) is 5.89 Å². The van der Waals surface area contributed by atoms with E-state index in [-0.39, 0.29) is 29.1 Å². The van der Waals surface area contributed by atoms with Gasteiger partial charge in [0.05, 0.1) is 6.61 Å². The summed E-state index contributed by atoms with van der Waals surface area (Å²) in [6.07, 6.45) is -0.163. The Morgan fingerprint density at radius 2 is 1.84 bits per heavy atom. The second-order valence-electron chi connectivity index (χ2n) is 7.87. The largest absolute Gasteiger partial charge is 0.449 e. The van der Waals surface area contributed by atoms with Crippen LogP contribution in [0.15, 0.2) is 9.64 Å². The number of aromatic nitrogens is 2. The molecular formula is C17H29N3O4S. The first-order valence-corrected chi connectivity index (χ1v) is 9.33. The molecule has 1 heterocycles. The molecule has 142 valence electrons. The van der Waals surface area contributed by atoms with Crippen LogP contribution >= 0.6 is 11.8 Å². The van der Waals surface area contributed by atoms with Crippen molar-refractivity contribution < 1.29 is 18.7 Å². The molecule has 25 heavy (non-hydrogen) atoms. The fourth-order valence-electron chi connectivity index (χ4n) is 1.88. The zero-order valence-corrected chi connectivity index (χ0v) is 16.9. The smallest absolute Gasteiger partial charge is 0.407 e. The summed E-state index contributed by atoms with van der Waals surface area (Å²) in [5, 5.41) is 10.9. The van der Waals surface area contributed by atoms with Crippen LogP contribution in [-0.2, 0) is 4.74 Å². The predicted octanol–water partition coefficient (Wildman–Crippen LogP) is 3.94. The third-order valence-electron chi connectivity index (χ3n) is 2.91. The van der Waals surface area contributed by atoms with Crippen molar-refractivity contribution in [3.63, 3.8) is 0 Å². The van der Waals surface area contributed by atoms with Crippen LogP contribution in [0.2, 0.25) is 0 Å². The molecule has 0 aliphatic carbocycles. The van der Waals surface area contributed by atoms with Crippen molar-refractivity contribution >= 4 is 23.6 Å². The van der Waals surface area contributed by atoms with Gasteiger partial charge in [0.2, 0.25) is 5.78 Å². The molecule has 0 aromatic carbocycles. The lowest BCUT2D eigenvalue weighted by Gasteiger charge is -2.21. The fourth-order valence-corrected chi connectivity index (χ4v) is 2.49. The van der Waals surface area contributed by atoms with E-state index in [2.05, 4.69) is 15.5 Å². The van der Waals surface area contributed by atoms with Crippen molar-refractivity contribution in [1.29, 1.82) is 0 Å². The first-order valence-electron chi connectivity index (χ1n) is 8.45. The maximum atomic E-state index is 12.6. The van der Waals surface area contributed by atoms with Gasteiger partial charge in [-0.15, -0.1) is 10.2 Å². The Labute approximate surface area is 153 Å². The number of amides is 1. The molecule has 1 rings (SSSR count). The van der Waals surface area contributed by atoms with Gasteiger partial charge in [-0.05, 0) is 17.8 Å². The van der Waals surface area contributed by atoms with E-state index in [9.17, 15) is 9.59 Å². The van der Waals surface area contributed by atoms with Gasteiger partial charge >= 0.3 is 6.09 Å². The monoisotopic (exact) mass is 371 g/mol. The molecule has 0 aliphatic heterocycles. The summed E-state index contributed by atoms with van der Waals surface area (Å²) >= 11 is 1.38. The highest BCUT2D eigenvalue weighted by Gasteiger charge is 2.28. The Morgan fingerprint density at radius 1 is 1.20 bits per heavy atom. The van der Waals surface area contributed by atoms with Gasteiger partial charge in [-0.25, -0.2) is 4.79 Å². The summed E-state index contributed by atoms with van der Waals surface area (Å²) in [5.74, 6) is -0.293. The number of thioether (sulfide) groups is 1. The molecule has 8 heteroatoms. The topological polar surface area (TPSA) is 94.3 Å². The van der Waals surface area contributed by atoms with E-state index in [0.29, 0.717) is 11.6 Å². The number of nitrogens with one attached hydrogen (secondary N) is 1. The van der Waals surface area contributed by atoms with E-state index in [1.165, 1.54) is 11.8 Å². The fraction of sp³-hybridized carbons (Fsp3) is 0.765. The molecule has 0 spiro atoms. The van der Waals surface area contributed by atoms with Crippen LogP contribution in [0.25, 0.3) is 0 Å². The molecule has 1 amide bonds. The quantitative estimate of drug-likeness (QED) is 0.546. The standard InChI is InChI=1S/C17H29N3O4S/c1-10(2)8-12(18-15(22)23-9-17(5,6)7)13(21)14-19-20-16(24-14)25-11(3)4/h10-12H,8-9H2,1-7H3,(H,18,22). The first-order chi connectivity index (χ1) is 11.5. The molecule has 1 unspecified atom stereocenters. The van der Waals surface area contributed by atoms with Crippen molar-refractivity contribution in [3.8, 4) is 0 Å². The Balaban J connectivity index is 2.78. The number of hydrogen-bond acceptors (Lipinski definition) is 7. The van der Waals surface area contributed by atoms with Crippen molar-refractivity contribution in [1.82, 2.24) is 15.5 Å². The number of hydrogen-bond donors (Lipinski definition) is 1. The summed E-state index contributed by atoms with van der Waals surface area (Å²) < 4.78 is 10.6. The van der Waals surface area contributed by atoms with Crippen LogP contribution < -0.4 is 5.32 Å².